The van der Waals surface area contributed by atoms with Gasteiger partial charge in [0.2, 0.25) is 10.0 Å². The van der Waals surface area contributed by atoms with Gasteiger partial charge in [-0.05, 0) is 44.8 Å². The Morgan fingerprint density at radius 2 is 1.71 bits per heavy atom. The van der Waals surface area contributed by atoms with E-state index in [2.05, 4.69) is 15.9 Å². The van der Waals surface area contributed by atoms with Crippen LogP contribution in [0.3, 0.4) is 0 Å². The molecule has 0 amide bonds. The maximum absolute atomic E-state index is 12.8. The zero-order valence-electron chi connectivity index (χ0n) is 11.2. The third kappa shape index (κ3) is 2.64. The molecule has 0 aromatic heterocycles. The molecule has 3 rings (SSSR count). The molecular weight excluding hydrogens is 354 g/mol. The topological polar surface area (TPSA) is 57.6 Å². The predicted octanol–water partition coefficient (Wildman–Crippen LogP) is 2.65. The minimum absolute atomic E-state index is 0.184. The van der Waals surface area contributed by atoms with Crippen LogP contribution in [-0.2, 0) is 29.7 Å². The summed E-state index contributed by atoms with van der Waals surface area (Å²) in [6.07, 6.45) is 0. The lowest BCUT2D eigenvalue weighted by atomic mass is 10.1. The van der Waals surface area contributed by atoms with Crippen molar-refractivity contribution in [2.24, 2.45) is 0 Å². The number of aliphatic hydroxyl groups is 1. The fourth-order valence-electron chi connectivity index (χ4n) is 2.45. The standard InChI is InChI=1S/C15H14BrNO3S/c16-14-6-5-11(10-18)7-15(14)21(19,20)17-8-12-3-1-2-4-13(12)9-17/h1-7,18H,8-10H2. The summed E-state index contributed by atoms with van der Waals surface area (Å²) in [5, 5.41) is 9.20. The molecule has 1 aliphatic rings. The quantitative estimate of drug-likeness (QED) is 0.906. The highest BCUT2D eigenvalue weighted by Crippen LogP contribution is 2.32. The normalized spacial score (nSPS) is 15.1. The van der Waals surface area contributed by atoms with E-state index in [4.69, 9.17) is 0 Å². The molecule has 0 aliphatic carbocycles. The first-order valence-electron chi connectivity index (χ1n) is 6.48. The molecule has 0 unspecified atom stereocenters. The first-order chi connectivity index (χ1) is 10.0. The largest absolute Gasteiger partial charge is 0.392 e. The lowest BCUT2D eigenvalue weighted by molar-refractivity contribution is 0.281. The Hall–Kier alpha value is -1.21. The van der Waals surface area contributed by atoms with Gasteiger partial charge < -0.3 is 5.11 Å². The van der Waals surface area contributed by atoms with Crippen LogP contribution < -0.4 is 0 Å². The van der Waals surface area contributed by atoms with Crippen molar-refractivity contribution in [3.8, 4) is 0 Å². The van der Waals surface area contributed by atoms with Gasteiger partial charge in [-0.3, -0.25) is 0 Å². The van der Waals surface area contributed by atoms with E-state index < -0.39 is 10.0 Å². The fraction of sp³-hybridized carbons (Fsp3) is 0.200. The number of hydrogen-bond acceptors (Lipinski definition) is 3. The van der Waals surface area contributed by atoms with Crippen molar-refractivity contribution >= 4 is 26.0 Å². The summed E-state index contributed by atoms with van der Waals surface area (Å²) in [5.74, 6) is 0. The molecule has 0 bridgehead atoms. The molecule has 4 nitrogen and oxygen atoms in total. The molecule has 0 saturated carbocycles. The highest BCUT2D eigenvalue weighted by atomic mass is 79.9. The minimum Gasteiger partial charge on any atom is -0.392 e. The Morgan fingerprint density at radius 3 is 2.29 bits per heavy atom. The number of benzene rings is 2. The number of fused-ring (bicyclic) bond motifs is 1. The molecule has 2 aromatic rings. The first kappa shape index (κ1) is 14.7. The van der Waals surface area contributed by atoms with E-state index in [-0.39, 0.29) is 11.5 Å². The summed E-state index contributed by atoms with van der Waals surface area (Å²) in [7, 11) is -3.59. The Morgan fingerprint density at radius 1 is 1.10 bits per heavy atom. The summed E-state index contributed by atoms with van der Waals surface area (Å²) in [4.78, 5) is 0.196. The van der Waals surface area contributed by atoms with Crippen LogP contribution in [0.5, 0.6) is 0 Å². The van der Waals surface area contributed by atoms with Gasteiger partial charge in [-0.25, -0.2) is 8.42 Å². The molecule has 0 radical (unpaired) electrons. The molecule has 0 saturated heterocycles. The van der Waals surface area contributed by atoms with Crippen molar-refractivity contribution < 1.29 is 13.5 Å². The van der Waals surface area contributed by atoms with Crippen LogP contribution in [0, 0.1) is 0 Å². The van der Waals surface area contributed by atoms with Crippen LogP contribution in [0.15, 0.2) is 51.8 Å². The average Bonchev–Trinajstić information content (AvgIpc) is 2.92. The maximum atomic E-state index is 12.8. The Bertz CT molecular complexity index is 764. The van der Waals surface area contributed by atoms with E-state index >= 15 is 0 Å². The first-order valence-corrected chi connectivity index (χ1v) is 8.72. The number of aliphatic hydroxyl groups excluding tert-OH is 1. The van der Waals surface area contributed by atoms with Crippen LogP contribution in [-0.4, -0.2) is 17.8 Å². The van der Waals surface area contributed by atoms with E-state index in [1.54, 1.807) is 12.1 Å². The minimum atomic E-state index is -3.59. The second-order valence-corrected chi connectivity index (χ2v) is 7.73. The molecule has 0 spiro atoms. The SMILES string of the molecule is O=S(=O)(c1cc(CO)ccc1Br)N1Cc2ccccc2C1. The Kier molecular flexibility index (Phi) is 3.88. The molecule has 1 heterocycles. The van der Waals surface area contributed by atoms with Crippen molar-refractivity contribution in [2.45, 2.75) is 24.6 Å². The molecule has 2 aromatic carbocycles. The third-order valence-electron chi connectivity index (χ3n) is 3.61. The van der Waals surface area contributed by atoms with E-state index in [9.17, 15) is 13.5 Å². The fourth-order valence-corrected chi connectivity index (χ4v) is 4.83. The van der Waals surface area contributed by atoms with Crippen LogP contribution in [0.4, 0.5) is 0 Å². The van der Waals surface area contributed by atoms with Crippen LogP contribution in [0.25, 0.3) is 0 Å². The zero-order valence-corrected chi connectivity index (χ0v) is 13.6. The van der Waals surface area contributed by atoms with Crippen LogP contribution in [0.1, 0.15) is 16.7 Å². The van der Waals surface area contributed by atoms with E-state index in [0.717, 1.165) is 11.1 Å². The molecule has 6 heteroatoms. The van der Waals surface area contributed by atoms with Gasteiger partial charge in [-0.1, -0.05) is 30.3 Å². The van der Waals surface area contributed by atoms with Crippen molar-refractivity contribution in [3.63, 3.8) is 0 Å². The number of nitrogens with zero attached hydrogens (tertiary/aromatic N) is 1. The van der Waals surface area contributed by atoms with Gasteiger partial charge in [0.1, 0.15) is 0 Å². The molecule has 1 aliphatic heterocycles. The van der Waals surface area contributed by atoms with Gasteiger partial charge in [-0.15, -0.1) is 0 Å². The predicted molar refractivity (Wildman–Crippen MR) is 82.9 cm³/mol. The van der Waals surface area contributed by atoms with E-state index in [0.29, 0.717) is 23.1 Å². The summed E-state index contributed by atoms with van der Waals surface area (Å²) < 4.78 is 27.6. The lowest BCUT2D eigenvalue weighted by Gasteiger charge is -2.17. The molecule has 0 fully saturated rings. The van der Waals surface area contributed by atoms with Crippen molar-refractivity contribution in [1.29, 1.82) is 0 Å². The van der Waals surface area contributed by atoms with Gasteiger partial charge in [0.15, 0.2) is 0 Å². The van der Waals surface area contributed by atoms with Gasteiger partial charge in [-0.2, -0.15) is 4.31 Å². The van der Waals surface area contributed by atoms with Gasteiger partial charge in [0, 0.05) is 17.6 Å². The van der Waals surface area contributed by atoms with E-state index in [1.807, 2.05) is 24.3 Å². The van der Waals surface area contributed by atoms with Gasteiger partial charge in [0.05, 0.1) is 11.5 Å². The third-order valence-corrected chi connectivity index (χ3v) is 6.39. The summed E-state index contributed by atoms with van der Waals surface area (Å²) >= 11 is 3.29. The number of halogens is 1. The van der Waals surface area contributed by atoms with Crippen molar-refractivity contribution in [1.82, 2.24) is 4.31 Å². The van der Waals surface area contributed by atoms with Gasteiger partial charge >= 0.3 is 0 Å². The highest BCUT2D eigenvalue weighted by Gasteiger charge is 2.31. The summed E-state index contributed by atoms with van der Waals surface area (Å²) in [6.45, 7) is 0.582. The zero-order chi connectivity index (χ0) is 15.0. The molecular formula is C15H14BrNO3S. The van der Waals surface area contributed by atoms with Crippen molar-refractivity contribution in [3.05, 3.63) is 63.6 Å². The number of sulfonamides is 1. The number of rotatable bonds is 3. The second kappa shape index (κ2) is 5.53. The van der Waals surface area contributed by atoms with E-state index in [1.165, 1.54) is 10.4 Å². The number of hydrogen-bond donors (Lipinski definition) is 1. The smallest absolute Gasteiger partial charge is 0.244 e. The van der Waals surface area contributed by atoms with Crippen LogP contribution in [0.2, 0.25) is 0 Å². The molecule has 110 valence electrons. The summed E-state index contributed by atoms with van der Waals surface area (Å²) in [5.41, 5.74) is 2.65. The maximum Gasteiger partial charge on any atom is 0.244 e. The molecule has 0 atom stereocenters. The Labute approximate surface area is 132 Å². The molecule has 21 heavy (non-hydrogen) atoms. The second-order valence-electron chi connectivity index (χ2n) is 4.96. The van der Waals surface area contributed by atoms with Crippen LogP contribution >= 0.6 is 15.9 Å². The Balaban J connectivity index is 2.00. The highest BCUT2D eigenvalue weighted by molar-refractivity contribution is 9.10. The van der Waals surface area contributed by atoms with Crippen molar-refractivity contribution in [2.75, 3.05) is 0 Å². The average molecular weight is 368 g/mol. The lowest BCUT2D eigenvalue weighted by Crippen LogP contribution is -2.26. The molecule has 1 N–H and O–H groups in total. The van der Waals surface area contributed by atoms with Gasteiger partial charge in [0.25, 0.3) is 0 Å². The monoisotopic (exact) mass is 367 g/mol. The summed E-state index contributed by atoms with van der Waals surface area (Å²) in [6, 6.07) is 12.6.